The van der Waals surface area contributed by atoms with Gasteiger partial charge in [-0.3, -0.25) is 4.99 Å². The number of likely N-dealkylation sites (N-methyl/N-ethyl adjacent to an activating group) is 1. The molecular formula is C19H35IN4S. The average molecular weight is 478 g/mol. The molecular weight excluding hydrogens is 443 g/mol. The van der Waals surface area contributed by atoms with Crippen LogP contribution in [0.5, 0.6) is 0 Å². The highest BCUT2D eigenvalue weighted by molar-refractivity contribution is 14.0. The minimum absolute atomic E-state index is 0. The molecule has 1 aliphatic heterocycles. The summed E-state index contributed by atoms with van der Waals surface area (Å²) in [5.41, 5.74) is 0. The highest BCUT2D eigenvalue weighted by Gasteiger charge is 2.14. The Labute approximate surface area is 175 Å². The van der Waals surface area contributed by atoms with Crippen LogP contribution >= 0.6 is 35.3 Å². The summed E-state index contributed by atoms with van der Waals surface area (Å²) in [4.78, 5) is 10.7. The first-order chi connectivity index (χ1) is 11.7. The van der Waals surface area contributed by atoms with Crippen LogP contribution < -0.4 is 5.32 Å². The van der Waals surface area contributed by atoms with E-state index in [1.165, 1.54) is 50.2 Å². The molecule has 2 rings (SSSR count). The van der Waals surface area contributed by atoms with E-state index in [1.54, 1.807) is 0 Å². The zero-order valence-electron chi connectivity index (χ0n) is 16.0. The molecule has 0 unspecified atom stereocenters. The van der Waals surface area contributed by atoms with E-state index in [9.17, 15) is 0 Å². The van der Waals surface area contributed by atoms with E-state index in [-0.39, 0.29) is 24.0 Å². The third-order valence-corrected chi connectivity index (χ3v) is 5.84. The molecule has 2 heterocycles. The van der Waals surface area contributed by atoms with Gasteiger partial charge in [0.25, 0.3) is 0 Å². The molecule has 6 heteroatoms. The number of halogens is 1. The van der Waals surface area contributed by atoms with Gasteiger partial charge in [-0.25, -0.2) is 0 Å². The lowest BCUT2D eigenvalue weighted by Crippen LogP contribution is -2.40. The molecule has 25 heavy (non-hydrogen) atoms. The number of aliphatic imine (C=N–C) groups is 1. The summed E-state index contributed by atoms with van der Waals surface area (Å²) in [5, 5.41) is 5.65. The van der Waals surface area contributed by atoms with Gasteiger partial charge in [-0.1, -0.05) is 13.0 Å². The molecule has 1 fully saturated rings. The third-order valence-electron chi connectivity index (χ3n) is 4.91. The van der Waals surface area contributed by atoms with Crippen LogP contribution in [0.3, 0.4) is 0 Å². The lowest BCUT2D eigenvalue weighted by molar-refractivity contribution is 0.189. The standard InChI is InChI=1S/C19H34N4S.HI/c1-17-8-14-23(15-9-17)12-5-4-11-21-19(20-2)22(3)13-10-18-7-6-16-24-18;/h6-7,16-17H,4-5,8-15H2,1-3H3,(H,20,21);1H. The number of hydrogen-bond acceptors (Lipinski definition) is 3. The van der Waals surface area contributed by atoms with Crippen LogP contribution in [-0.4, -0.2) is 62.6 Å². The van der Waals surface area contributed by atoms with E-state index >= 15 is 0 Å². The van der Waals surface area contributed by atoms with Crippen LogP contribution in [0.4, 0.5) is 0 Å². The number of guanidine groups is 1. The largest absolute Gasteiger partial charge is 0.356 e. The van der Waals surface area contributed by atoms with Gasteiger partial charge in [-0.2, -0.15) is 0 Å². The van der Waals surface area contributed by atoms with Gasteiger partial charge >= 0.3 is 0 Å². The Bertz CT molecular complexity index is 470. The summed E-state index contributed by atoms with van der Waals surface area (Å²) in [6, 6.07) is 4.33. The van der Waals surface area contributed by atoms with Gasteiger partial charge in [0, 0.05) is 32.1 Å². The van der Waals surface area contributed by atoms with E-state index in [4.69, 9.17) is 0 Å². The Morgan fingerprint density at radius 1 is 1.36 bits per heavy atom. The van der Waals surface area contributed by atoms with Gasteiger partial charge in [0.1, 0.15) is 0 Å². The number of unbranched alkanes of at least 4 members (excludes halogenated alkanes) is 1. The molecule has 0 radical (unpaired) electrons. The maximum absolute atomic E-state index is 4.41. The summed E-state index contributed by atoms with van der Waals surface area (Å²) in [6.07, 6.45) is 6.32. The number of hydrogen-bond donors (Lipinski definition) is 1. The zero-order chi connectivity index (χ0) is 17.2. The second-order valence-corrected chi connectivity index (χ2v) is 7.99. The summed E-state index contributed by atoms with van der Waals surface area (Å²) < 4.78 is 0. The fourth-order valence-corrected chi connectivity index (χ4v) is 3.87. The minimum atomic E-state index is 0. The van der Waals surface area contributed by atoms with Crippen LogP contribution in [0.1, 0.15) is 37.5 Å². The van der Waals surface area contributed by atoms with Crippen molar-refractivity contribution in [1.29, 1.82) is 0 Å². The van der Waals surface area contributed by atoms with Crippen molar-refractivity contribution >= 4 is 41.3 Å². The highest BCUT2D eigenvalue weighted by atomic mass is 127. The monoisotopic (exact) mass is 478 g/mol. The molecule has 1 aromatic rings. The fourth-order valence-electron chi connectivity index (χ4n) is 3.17. The molecule has 1 N–H and O–H groups in total. The Hall–Kier alpha value is -0.340. The van der Waals surface area contributed by atoms with E-state index in [0.29, 0.717) is 0 Å². The molecule has 0 aromatic carbocycles. The number of thiophene rings is 1. The summed E-state index contributed by atoms with van der Waals surface area (Å²) in [5.74, 6) is 1.94. The van der Waals surface area contributed by atoms with E-state index in [2.05, 4.69) is 51.6 Å². The van der Waals surface area contributed by atoms with Gasteiger partial charge in [-0.05, 0) is 69.1 Å². The van der Waals surface area contributed by atoms with Gasteiger partial charge in [-0.15, -0.1) is 35.3 Å². The van der Waals surface area contributed by atoms with Crippen molar-refractivity contribution in [3.63, 3.8) is 0 Å². The number of piperidine rings is 1. The van der Waals surface area contributed by atoms with Crippen molar-refractivity contribution < 1.29 is 0 Å². The third kappa shape index (κ3) is 8.73. The number of nitrogens with zero attached hydrogens (tertiary/aromatic N) is 3. The normalized spacial score (nSPS) is 16.5. The van der Waals surface area contributed by atoms with Crippen LogP contribution in [-0.2, 0) is 6.42 Å². The van der Waals surface area contributed by atoms with Crippen molar-refractivity contribution in [2.75, 3.05) is 46.8 Å². The molecule has 0 spiro atoms. The maximum atomic E-state index is 4.41. The molecule has 0 amide bonds. The lowest BCUT2D eigenvalue weighted by atomic mass is 9.99. The molecule has 1 aromatic heterocycles. The predicted molar refractivity (Wildman–Crippen MR) is 122 cm³/mol. The van der Waals surface area contributed by atoms with E-state index in [1.807, 2.05) is 18.4 Å². The molecule has 144 valence electrons. The van der Waals surface area contributed by atoms with Crippen molar-refractivity contribution in [3.05, 3.63) is 22.4 Å². The van der Waals surface area contributed by atoms with Crippen LogP contribution in [0.2, 0.25) is 0 Å². The molecule has 0 saturated carbocycles. The molecule has 1 saturated heterocycles. The molecule has 0 atom stereocenters. The first kappa shape index (κ1) is 22.7. The first-order valence-electron chi connectivity index (χ1n) is 9.35. The Kier molecular flexibility index (Phi) is 11.7. The first-order valence-corrected chi connectivity index (χ1v) is 10.2. The molecule has 4 nitrogen and oxygen atoms in total. The maximum Gasteiger partial charge on any atom is 0.193 e. The van der Waals surface area contributed by atoms with Crippen LogP contribution in [0.15, 0.2) is 22.5 Å². The molecule has 0 bridgehead atoms. The molecule has 0 aliphatic carbocycles. The van der Waals surface area contributed by atoms with Gasteiger partial charge < -0.3 is 15.1 Å². The fraction of sp³-hybridized carbons (Fsp3) is 0.737. The predicted octanol–water partition coefficient (Wildman–Crippen LogP) is 3.93. The van der Waals surface area contributed by atoms with Gasteiger partial charge in [0.2, 0.25) is 0 Å². The second kappa shape index (κ2) is 12.9. The van der Waals surface area contributed by atoms with Crippen LogP contribution in [0.25, 0.3) is 0 Å². The summed E-state index contributed by atoms with van der Waals surface area (Å²) >= 11 is 1.83. The van der Waals surface area contributed by atoms with E-state index in [0.717, 1.165) is 31.4 Å². The lowest BCUT2D eigenvalue weighted by Gasteiger charge is -2.30. The Balaban J connectivity index is 0.00000312. The summed E-state index contributed by atoms with van der Waals surface area (Å²) in [6.45, 7) is 8.24. The van der Waals surface area contributed by atoms with Crippen molar-refractivity contribution in [2.45, 2.75) is 39.0 Å². The Morgan fingerprint density at radius 3 is 2.76 bits per heavy atom. The van der Waals surface area contributed by atoms with E-state index < -0.39 is 0 Å². The topological polar surface area (TPSA) is 30.9 Å². The number of likely N-dealkylation sites (tertiary alicyclic amines) is 1. The number of rotatable bonds is 8. The second-order valence-electron chi connectivity index (χ2n) is 6.96. The van der Waals surface area contributed by atoms with Crippen molar-refractivity contribution in [2.24, 2.45) is 10.9 Å². The quantitative estimate of drug-likeness (QED) is 0.266. The van der Waals surface area contributed by atoms with Gasteiger partial charge in [0.05, 0.1) is 0 Å². The minimum Gasteiger partial charge on any atom is -0.356 e. The number of nitrogens with one attached hydrogen (secondary N) is 1. The molecule has 1 aliphatic rings. The average Bonchev–Trinajstić information content (AvgIpc) is 3.11. The van der Waals surface area contributed by atoms with Crippen molar-refractivity contribution in [3.8, 4) is 0 Å². The smallest absolute Gasteiger partial charge is 0.193 e. The van der Waals surface area contributed by atoms with Crippen molar-refractivity contribution in [1.82, 2.24) is 15.1 Å². The van der Waals surface area contributed by atoms with Gasteiger partial charge in [0.15, 0.2) is 5.96 Å². The zero-order valence-corrected chi connectivity index (χ0v) is 19.2. The SMILES string of the molecule is CN=C(NCCCCN1CCC(C)CC1)N(C)CCc1cccs1.I. The summed E-state index contributed by atoms with van der Waals surface area (Å²) in [7, 11) is 4.00. The highest BCUT2D eigenvalue weighted by Crippen LogP contribution is 2.16. The Morgan fingerprint density at radius 2 is 2.12 bits per heavy atom. The van der Waals surface area contributed by atoms with Crippen LogP contribution in [0, 0.1) is 5.92 Å².